The van der Waals surface area contributed by atoms with Gasteiger partial charge in [0.1, 0.15) is 0 Å². The number of nitrogens with one attached hydrogen (secondary N) is 1. The van der Waals surface area contributed by atoms with Gasteiger partial charge in [0.05, 0.1) is 29.2 Å². The first-order valence-electron chi connectivity index (χ1n) is 8.62. The summed E-state index contributed by atoms with van der Waals surface area (Å²) in [5, 5.41) is 3.55. The Morgan fingerprint density at radius 2 is 1.62 bits per heavy atom. The topological polar surface area (TPSA) is 66.5 Å². The third-order valence-electron chi connectivity index (χ3n) is 4.17. The van der Waals surface area contributed by atoms with Gasteiger partial charge in [-0.15, -0.1) is 0 Å². The number of rotatable bonds is 6. The Labute approximate surface area is 179 Å². The van der Waals surface area contributed by atoms with E-state index < -0.39 is 10.0 Å². The molecule has 8 heteroatoms. The summed E-state index contributed by atoms with van der Waals surface area (Å²) >= 11 is 11.9. The number of benzene rings is 3. The van der Waals surface area contributed by atoms with E-state index >= 15 is 0 Å². The van der Waals surface area contributed by atoms with Crippen LogP contribution in [-0.4, -0.2) is 20.6 Å². The number of amides is 1. The smallest absolute Gasteiger partial charge is 0.255 e. The monoisotopic (exact) mass is 448 g/mol. The molecule has 0 aliphatic carbocycles. The van der Waals surface area contributed by atoms with E-state index in [1.54, 1.807) is 66.7 Å². The third kappa shape index (κ3) is 5.50. The van der Waals surface area contributed by atoms with E-state index in [0.29, 0.717) is 27.0 Å². The second-order valence-corrected chi connectivity index (χ2v) is 9.13. The van der Waals surface area contributed by atoms with Crippen LogP contribution in [0.3, 0.4) is 0 Å². The molecule has 150 valence electrons. The van der Waals surface area contributed by atoms with Crippen LogP contribution < -0.4 is 9.62 Å². The number of carbonyl (C=O) groups is 1. The zero-order chi connectivity index (χ0) is 21.0. The quantitative estimate of drug-likeness (QED) is 0.562. The number of hydrogen-bond donors (Lipinski definition) is 1. The molecule has 29 heavy (non-hydrogen) atoms. The predicted molar refractivity (Wildman–Crippen MR) is 118 cm³/mol. The van der Waals surface area contributed by atoms with Crippen LogP contribution in [0, 0.1) is 0 Å². The lowest BCUT2D eigenvalue weighted by atomic mass is 10.1. The average Bonchev–Trinajstić information content (AvgIpc) is 2.68. The van der Waals surface area contributed by atoms with Crippen molar-refractivity contribution in [2.45, 2.75) is 6.54 Å². The van der Waals surface area contributed by atoms with Crippen LogP contribution in [-0.2, 0) is 16.6 Å². The number of halogens is 2. The summed E-state index contributed by atoms with van der Waals surface area (Å²) in [7, 11) is -3.46. The van der Waals surface area contributed by atoms with Crippen LogP contribution in [0.5, 0.6) is 0 Å². The zero-order valence-electron chi connectivity index (χ0n) is 15.5. The van der Waals surface area contributed by atoms with E-state index in [9.17, 15) is 13.2 Å². The first kappa shape index (κ1) is 21.2. The van der Waals surface area contributed by atoms with Crippen molar-refractivity contribution in [2.24, 2.45) is 0 Å². The molecule has 0 bridgehead atoms. The molecule has 0 saturated carbocycles. The van der Waals surface area contributed by atoms with Crippen LogP contribution in [0.4, 0.5) is 11.4 Å². The first-order valence-corrected chi connectivity index (χ1v) is 11.2. The SMILES string of the molecule is CS(=O)(=O)N(Cc1ccc(C(=O)Nc2ccc(Cl)cc2Cl)cc1)c1ccccc1. The van der Waals surface area contributed by atoms with Crippen molar-refractivity contribution in [2.75, 3.05) is 15.9 Å². The van der Waals surface area contributed by atoms with Gasteiger partial charge in [-0.25, -0.2) is 8.42 Å². The van der Waals surface area contributed by atoms with Crippen LogP contribution in [0.2, 0.25) is 10.0 Å². The van der Waals surface area contributed by atoms with Gasteiger partial charge >= 0.3 is 0 Å². The summed E-state index contributed by atoms with van der Waals surface area (Å²) in [5.74, 6) is -0.330. The van der Waals surface area contributed by atoms with Gasteiger partial charge in [0.15, 0.2) is 0 Å². The number of hydrogen-bond acceptors (Lipinski definition) is 3. The molecule has 0 fully saturated rings. The highest BCUT2D eigenvalue weighted by Gasteiger charge is 2.18. The fraction of sp³-hybridized carbons (Fsp3) is 0.0952. The summed E-state index contributed by atoms with van der Waals surface area (Å²) in [5.41, 5.74) is 2.21. The van der Waals surface area contributed by atoms with E-state index in [1.807, 2.05) is 6.07 Å². The number of sulfonamides is 1. The van der Waals surface area contributed by atoms with Crippen molar-refractivity contribution in [1.29, 1.82) is 0 Å². The Morgan fingerprint density at radius 1 is 0.966 bits per heavy atom. The fourth-order valence-electron chi connectivity index (χ4n) is 2.71. The van der Waals surface area contributed by atoms with Gasteiger partial charge in [-0.2, -0.15) is 0 Å². The van der Waals surface area contributed by atoms with Gasteiger partial charge in [0.25, 0.3) is 5.91 Å². The Bertz CT molecular complexity index is 1120. The van der Waals surface area contributed by atoms with Crippen LogP contribution in [0.1, 0.15) is 15.9 Å². The molecule has 0 unspecified atom stereocenters. The maximum atomic E-state index is 12.5. The predicted octanol–water partition coefficient (Wildman–Crippen LogP) is 5.21. The Kier molecular flexibility index (Phi) is 6.47. The Morgan fingerprint density at radius 3 is 2.21 bits per heavy atom. The minimum Gasteiger partial charge on any atom is -0.321 e. The second kappa shape index (κ2) is 8.86. The van der Waals surface area contributed by atoms with Crippen LogP contribution in [0.15, 0.2) is 72.8 Å². The van der Waals surface area contributed by atoms with E-state index in [2.05, 4.69) is 5.32 Å². The Balaban J connectivity index is 1.76. The largest absolute Gasteiger partial charge is 0.321 e. The molecular weight excluding hydrogens is 431 g/mol. The van der Waals surface area contributed by atoms with E-state index in [1.165, 1.54) is 4.31 Å². The fourth-order valence-corrected chi connectivity index (χ4v) is 4.05. The van der Waals surface area contributed by atoms with Gasteiger partial charge in [-0.05, 0) is 48.0 Å². The molecule has 0 saturated heterocycles. The summed E-state index contributed by atoms with van der Waals surface area (Å²) in [6.07, 6.45) is 1.16. The Hall–Kier alpha value is -2.54. The van der Waals surface area contributed by atoms with E-state index in [4.69, 9.17) is 23.2 Å². The highest BCUT2D eigenvalue weighted by Crippen LogP contribution is 2.26. The minimum absolute atomic E-state index is 0.160. The van der Waals surface area contributed by atoms with Crippen molar-refractivity contribution < 1.29 is 13.2 Å². The molecule has 3 aromatic carbocycles. The summed E-state index contributed by atoms with van der Waals surface area (Å²) in [6.45, 7) is 0.160. The molecule has 0 aliphatic rings. The van der Waals surface area contributed by atoms with E-state index in [0.717, 1.165) is 11.8 Å². The first-order chi connectivity index (χ1) is 13.7. The molecule has 3 aromatic rings. The molecule has 0 aliphatic heterocycles. The standard InChI is InChI=1S/C21H18Cl2N2O3S/c1-29(27,28)25(18-5-3-2-4-6-18)14-15-7-9-16(10-8-15)21(26)24-20-12-11-17(22)13-19(20)23/h2-13H,14H2,1H3,(H,24,26). The summed E-state index contributed by atoms with van der Waals surface area (Å²) in [4.78, 5) is 12.5. The van der Waals surface area contributed by atoms with Crippen molar-refractivity contribution in [1.82, 2.24) is 0 Å². The average molecular weight is 449 g/mol. The van der Waals surface area contributed by atoms with Crippen molar-refractivity contribution in [3.8, 4) is 0 Å². The number of para-hydroxylation sites is 1. The van der Waals surface area contributed by atoms with E-state index in [-0.39, 0.29) is 12.5 Å². The van der Waals surface area contributed by atoms with Gasteiger partial charge in [0, 0.05) is 10.6 Å². The lowest BCUT2D eigenvalue weighted by Gasteiger charge is -2.22. The van der Waals surface area contributed by atoms with Crippen molar-refractivity contribution in [3.05, 3.63) is 94.0 Å². The maximum Gasteiger partial charge on any atom is 0.255 e. The lowest BCUT2D eigenvalue weighted by molar-refractivity contribution is 0.102. The molecule has 1 amide bonds. The molecule has 1 N–H and O–H groups in total. The van der Waals surface area contributed by atoms with Gasteiger partial charge in [-0.1, -0.05) is 53.5 Å². The van der Waals surface area contributed by atoms with Crippen LogP contribution in [0.25, 0.3) is 0 Å². The lowest BCUT2D eigenvalue weighted by Crippen LogP contribution is -2.29. The van der Waals surface area contributed by atoms with Gasteiger partial charge < -0.3 is 5.32 Å². The van der Waals surface area contributed by atoms with Crippen LogP contribution >= 0.6 is 23.2 Å². The highest BCUT2D eigenvalue weighted by atomic mass is 35.5. The minimum atomic E-state index is -3.46. The third-order valence-corrected chi connectivity index (χ3v) is 5.85. The number of carbonyl (C=O) groups excluding carboxylic acids is 1. The number of nitrogens with zero attached hydrogens (tertiary/aromatic N) is 1. The molecule has 0 radical (unpaired) electrons. The molecule has 0 heterocycles. The molecule has 5 nitrogen and oxygen atoms in total. The normalized spacial score (nSPS) is 11.1. The second-order valence-electron chi connectivity index (χ2n) is 6.38. The molecule has 0 aromatic heterocycles. The molecule has 0 spiro atoms. The van der Waals surface area contributed by atoms with Crippen molar-refractivity contribution >= 4 is 50.5 Å². The molecular formula is C21H18Cl2N2O3S. The molecule has 3 rings (SSSR count). The van der Waals surface area contributed by atoms with Gasteiger partial charge in [0.2, 0.25) is 10.0 Å². The maximum absolute atomic E-state index is 12.5. The summed E-state index contributed by atoms with van der Waals surface area (Å²) in [6, 6.07) is 20.4. The zero-order valence-corrected chi connectivity index (χ0v) is 17.8. The van der Waals surface area contributed by atoms with Crippen molar-refractivity contribution in [3.63, 3.8) is 0 Å². The highest BCUT2D eigenvalue weighted by molar-refractivity contribution is 7.92. The van der Waals surface area contributed by atoms with Gasteiger partial charge in [-0.3, -0.25) is 9.10 Å². The summed E-state index contributed by atoms with van der Waals surface area (Å²) < 4.78 is 25.7. The number of anilines is 2. The molecule has 0 atom stereocenters.